The maximum absolute atomic E-state index is 10.8. The van der Waals surface area contributed by atoms with Gasteiger partial charge >= 0.3 is 5.97 Å². The molecule has 0 aliphatic carbocycles. The summed E-state index contributed by atoms with van der Waals surface area (Å²) in [5, 5.41) is 13.0. The van der Waals surface area contributed by atoms with Crippen LogP contribution in [0, 0.1) is 0 Å². The lowest BCUT2D eigenvalue weighted by Gasteiger charge is -2.12. The van der Waals surface area contributed by atoms with Crippen LogP contribution in [0.4, 0.5) is 5.69 Å². The Morgan fingerprint density at radius 3 is 2.62 bits per heavy atom. The van der Waals surface area contributed by atoms with E-state index in [0.717, 1.165) is 10.0 Å². The fourth-order valence-corrected chi connectivity index (χ4v) is 2.54. The molecule has 7 heteroatoms. The number of carboxylic acids is 1. The normalized spacial score (nSPS) is 10.6. The Hall–Kier alpha value is -2.54. The Bertz CT molecular complexity index is 745. The van der Waals surface area contributed by atoms with E-state index in [-0.39, 0.29) is 5.56 Å². The van der Waals surface area contributed by atoms with Crippen molar-refractivity contribution in [3.63, 3.8) is 0 Å². The molecule has 24 heavy (non-hydrogen) atoms. The molecule has 2 N–H and O–H groups in total. The summed E-state index contributed by atoms with van der Waals surface area (Å²) in [6, 6.07) is 10.00. The third-order valence-corrected chi connectivity index (χ3v) is 3.67. The van der Waals surface area contributed by atoms with Crippen molar-refractivity contribution in [3.05, 3.63) is 52.0 Å². The van der Waals surface area contributed by atoms with Crippen molar-refractivity contribution in [2.75, 3.05) is 19.1 Å². The van der Waals surface area contributed by atoms with Gasteiger partial charge in [-0.2, -0.15) is 5.10 Å². The van der Waals surface area contributed by atoms with Crippen molar-refractivity contribution < 1.29 is 19.4 Å². The van der Waals surface area contributed by atoms with Crippen LogP contribution < -0.4 is 14.9 Å². The van der Waals surface area contributed by atoms with Crippen LogP contribution in [0.25, 0.3) is 0 Å². The highest BCUT2D eigenvalue weighted by Crippen LogP contribution is 2.36. The number of hydrogen-bond acceptors (Lipinski definition) is 5. The Kier molecular flexibility index (Phi) is 6.20. The molecule has 0 aliphatic rings. The monoisotopic (exact) mass is 392 g/mol. The number of aromatic carboxylic acids is 1. The van der Waals surface area contributed by atoms with Crippen molar-refractivity contribution >= 4 is 33.8 Å². The summed E-state index contributed by atoms with van der Waals surface area (Å²) < 4.78 is 11.6. The summed E-state index contributed by atoms with van der Waals surface area (Å²) in [4.78, 5) is 10.8. The SMILES string of the molecule is CCOc1c(Br)cc(/C=N\Nc2ccc(C(=O)O)cc2)cc1OC. The summed E-state index contributed by atoms with van der Waals surface area (Å²) in [7, 11) is 1.58. The molecular formula is C17H17BrN2O4. The molecule has 0 bridgehead atoms. The number of rotatable bonds is 7. The first-order valence-electron chi connectivity index (χ1n) is 7.18. The lowest BCUT2D eigenvalue weighted by molar-refractivity contribution is 0.0697. The van der Waals surface area contributed by atoms with E-state index in [9.17, 15) is 4.79 Å². The first kappa shape index (κ1) is 17.8. The van der Waals surface area contributed by atoms with Gasteiger partial charge in [-0.3, -0.25) is 5.43 Å². The van der Waals surface area contributed by atoms with Gasteiger partial charge in [0.25, 0.3) is 0 Å². The van der Waals surface area contributed by atoms with Crippen LogP contribution in [0.1, 0.15) is 22.8 Å². The predicted molar refractivity (Wildman–Crippen MR) is 96.5 cm³/mol. The zero-order valence-corrected chi connectivity index (χ0v) is 14.8. The Morgan fingerprint density at radius 2 is 2.04 bits per heavy atom. The van der Waals surface area contributed by atoms with E-state index in [1.165, 1.54) is 12.1 Å². The molecule has 2 aromatic rings. The van der Waals surface area contributed by atoms with E-state index in [2.05, 4.69) is 26.5 Å². The molecule has 0 atom stereocenters. The smallest absolute Gasteiger partial charge is 0.335 e. The average molecular weight is 393 g/mol. The van der Waals surface area contributed by atoms with Crippen LogP contribution in [0.15, 0.2) is 46.0 Å². The quantitative estimate of drug-likeness (QED) is 0.549. The van der Waals surface area contributed by atoms with Gasteiger partial charge < -0.3 is 14.6 Å². The Labute approximate surface area is 148 Å². The van der Waals surface area contributed by atoms with Gasteiger partial charge in [0, 0.05) is 0 Å². The molecule has 0 aliphatic heterocycles. The van der Waals surface area contributed by atoms with Crippen molar-refractivity contribution in [3.8, 4) is 11.5 Å². The predicted octanol–water partition coefficient (Wildman–Crippen LogP) is 4.00. The summed E-state index contributed by atoms with van der Waals surface area (Å²) in [5.74, 6) is 0.296. The van der Waals surface area contributed by atoms with Crippen LogP contribution in [-0.4, -0.2) is 31.0 Å². The fraction of sp³-hybridized carbons (Fsp3) is 0.176. The highest BCUT2D eigenvalue weighted by Gasteiger charge is 2.10. The summed E-state index contributed by atoms with van der Waals surface area (Å²) in [6.45, 7) is 2.44. The number of benzene rings is 2. The zero-order valence-electron chi connectivity index (χ0n) is 13.2. The third kappa shape index (κ3) is 4.48. The molecule has 6 nitrogen and oxygen atoms in total. The molecule has 0 heterocycles. The topological polar surface area (TPSA) is 80.2 Å². The van der Waals surface area contributed by atoms with Crippen molar-refractivity contribution in [1.82, 2.24) is 0 Å². The van der Waals surface area contributed by atoms with Gasteiger partial charge in [-0.15, -0.1) is 0 Å². The number of nitrogens with zero attached hydrogens (tertiary/aromatic N) is 1. The number of ether oxygens (including phenoxy) is 2. The van der Waals surface area contributed by atoms with E-state index in [4.69, 9.17) is 14.6 Å². The standard InChI is InChI=1S/C17H17BrN2O4/c1-3-24-16-14(18)8-11(9-15(16)23-2)10-19-20-13-6-4-12(5-7-13)17(21)22/h4-10,20H,3H2,1-2H3,(H,21,22)/b19-10-. The van der Waals surface area contributed by atoms with E-state index in [1.54, 1.807) is 25.5 Å². The van der Waals surface area contributed by atoms with Gasteiger partial charge in [0.1, 0.15) is 0 Å². The summed E-state index contributed by atoms with van der Waals surface area (Å²) >= 11 is 3.46. The van der Waals surface area contributed by atoms with Crippen LogP contribution in [0.2, 0.25) is 0 Å². The molecule has 0 saturated heterocycles. The van der Waals surface area contributed by atoms with Gasteiger partial charge in [0.2, 0.25) is 0 Å². The molecular weight excluding hydrogens is 376 g/mol. The highest BCUT2D eigenvalue weighted by atomic mass is 79.9. The first-order chi connectivity index (χ1) is 11.5. The Morgan fingerprint density at radius 1 is 1.33 bits per heavy atom. The van der Waals surface area contributed by atoms with Gasteiger partial charge in [-0.05, 0) is 64.8 Å². The third-order valence-electron chi connectivity index (χ3n) is 3.08. The van der Waals surface area contributed by atoms with E-state index >= 15 is 0 Å². The number of hydrazone groups is 1. The number of halogens is 1. The first-order valence-corrected chi connectivity index (χ1v) is 7.97. The summed E-state index contributed by atoms with van der Waals surface area (Å²) in [5.41, 5.74) is 4.58. The van der Waals surface area contributed by atoms with Crippen molar-refractivity contribution in [2.24, 2.45) is 5.10 Å². The molecule has 0 aromatic heterocycles. The zero-order chi connectivity index (χ0) is 17.5. The molecule has 0 amide bonds. The average Bonchev–Trinajstić information content (AvgIpc) is 2.57. The van der Waals surface area contributed by atoms with E-state index in [0.29, 0.717) is 23.8 Å². The number of methoxy groups -OCH3 is 1. The van der Waals surface area contributed by atoms with Gasteiger partial charge in [-0.1, -0.05) is 0 Å². The lowest BCUT2D eigenvalue weighted by Crippen LogP contribution is -1.98. The number of carbonyl (C=O) groups is 1. The Balaban J connectivity index is 2.11. The second-order valence-corrected chi connectivity index (χ2v) is 5.57. The molecule has 0 saturated carbocycles. The number of anilines is 1. The van der Waals surface area contributed by atoms with Gasteiger partial charge in [-0.25, -0.2) is 4.79 Å². The van der Waals surface area contributed by atoms with Crippen molar-refractivity contribution in [2.45, 2.75) is 6.92 Å². The van der Waals surface area contributed by atoms with Crippen LogP contribution in [0.5, 0.6) is 11.5 Å². The molecule has 2 rings (SSSR count). The maximum Gasteiger partial charge on any atom is 0.335 e. The van der Waals surface area contributed by atoms with Crippen LogP contribution >= 0.6 is 15.9 Å². The van der Waals surface area contributed by atoms with Crippen LogP contribution in [0.3, 0.4) is 0 Å². The maximum atomic E-state index is 10.8. The molecule has 0 spiro atoms. The highest BCUT2D eigenvalue weighted by molar-refractivity contribution is 9.10. The minimum Gasteiger partial charge on any atom is -0.493 e. The molecule has 0 radical (unpaired) electrons. The molecule has 126 valence electrons. The summed E-state index contributed by atoms with van der Waals surface area (Å²) in [6.07, 6.45) is 1.63. The van der Waals surface area contributed by atoms with E-state index in [1.807, 2.05) is 19.1 Å². The molecule has 0 unspecified atom stereocenters. The number of hydrogen-bond donors (Lipinski definition) is 2. The number of carboxylic acid groups (broad SMARTS) is 1. The lowest BCUT2D eigenvalue weighted by atomic mass is 10.2. The minimum atomic E-state index is -0.962. The number of nitrogens with one attached hydrogen (secondary N) is 1. The second kappa shape index (κ2) is 8.35. The second-order valence-electron chi connectivity index (χ2n) is 4.72. The van der Waals surface area contributed by atoms with E-state index < -0.39 is 5.97 Å². The fourth-order valence-electron chi connectivity index (χ4n) is 1.97. The minimum absolute atomic E-state index is 0.227. The van der Waals surface area contributed by atoms with Crippen LogP contribution in [-0.2, 0) is 0 Å². The largest absolute Gasteiger partial charge is 0.493 e. The van der Waals surface area contributed by atoms with Gasteiger partial charge in [0.15, 0.2) is 11.5 Å². The van der Waals surface area contributed by atoms with Crippen molar-refractivity contribution in [1.29, 1.82) is 0 Å². The molecule has 0 fully saturated rings. The molecule has 2 aromatic carbocycles. The van der Waals surface area contributed by atoms with Gasteiger partial charge in [0.05, 0.1) is 35.7 Å².